The summed E-state index contributed by atoms with van der Waals surface area (Å²) in [6.07, 6.45) is 5.07. The Balaban J connectivity index is 2.04. The molecule has 27 heavy (non-hydrogen) atoms. The molecule has 0 aliphatic rings. The average molecular weight is 350 g/mol. The Morgan fingerprint density at radius 1 is 0.852 bits per heavy atom. The maximum Gasteiger partial charge on any atom is 0.264 e. The fraction of sp³-hybridized carbons (Fsp3) is 0. The van der Waals surface area contributed by atoms with Crippen LogP contribution >= 0.6 is 0 Å². The van der Waals surface area contributed by atoms with Crippen molar-refractivity contribution in [2.24, 2.45) is 0 Å². The number of hydrogen-bond donors (Lipinski definition) is 0. The molecule has 4 aromatic rings. The van der Waals surface area contributed by atoms with Gasteiger partial charge in [-0.05, 0) is 36.4 Å². The minimum absolute atomic E-state index is 0.240. The summed E-state index contributed by atoms with van der Waals surface area (Å²) < 4.78 is 1.49. The van der Waals surface area contributed by atoms with E-state index in [4.69, 9.17) is 0 Å². The summed E-state index contributed by atoms with van der Waals surface area (Å²) in [4.78, 5) is 21.9. The third-order valence-corrected chi connectivity index (χ3v) is 4.21. The van der Waals surface area contributed by atoms with Crippen LogP contribution in [0.1, 0.15) is 5.56 Å². The predicted molar refractivity (Wildman–Crippen MR) is 103 cm³/mol. The minimum Gasteiger partial charge on any atom is -0.268 e. The van der Waals surface area contributed by atoms with Crippen molar-refractivity contribution in [3.8, 4) is 34.3 Å². The second-order valence-electron chi connectivity index (χ2n) is 5.88. The van der Waals surface area contributed by atoms with Crippen LogP contribution in [0.5, 0.6) is 0 Å². The molecule has 3 aromatic heterocycles. The van der Waals surface area contributed by atoms with Crippen LogP contribution in [0.25, 0.3) is 28.2 Å². The zero-order valence-electron chi connectivity index (χ0n) is 14.3. The van der Waals surface area contributed by atoms with Crippen LogP contribution in [0.15, 0.2) is 90.1 Å². The molecule has 4 rings (SSSR count). The van der Waals surface area contributed by atoms with Gasteiger partial charge in [0.15, 0.2) is 0 Å². The number of nitrogens with zero attached hydrogens (tertiary/aromatic N) is 4. The lowest BCUT2D eigenvalue weighted by molar-refractivity contribution is 0.944. The second-order valence-corrected chi connectivity index (χ2v) is 5.88. The largest absolute Gasteiger partial charge is 0.268 e. The van der Waals surface area contributed by atoms with Gasteiger partial charge in [0.05, 0.1) is 17.3 Å². The predicted octanol–water partition coefficient (Wildman–Crippen LogP) is 3.83. The topological polar surface area (TPSA) is 71.6 Å². The molecule has 0 aliphatic carbocycles. The van der Waals surface area contributed by atoms with Gasteiger partial charge in [0, 0.05) is 35.3 Å². The Hall–Kier alpha value is -4.04. The maximum absolute atomic E-state index is 13.2. The first-order valence-corrected chi connectivity index (χ1v) is 8.37. The van der Waals surface area contributed by atoms with Crippen molar-refractivity contribution in [1.82, 2.24) is 14.5 Å². The van der Waals surface area contributed by atoms with Crippen molar-refractivity contribution in [1.29, 1.82) is 5.26 Å². The highest BCUT2D eigenvalue weighted by Crippen LogP contribution is 2.25. The number of rotatable bonds is 3. The molecule has 128 valence electrons. The molecule has 0 radical (unpaired) electrons. The molecule has 0 saturated heterocycles. The Labute approximate surface area is 155 Å². The molecule has 5 nitrogen and oxygen atoms in total. The molecule has 5 heteroatoms. The first-order chi connectivity index (χ1) is 13.3. The van der Waals surface area contributed by atoms with Crippen LogP contribution in [0.4, 0.5) is 0 Å². The Morgan fingerprint density at radius 3 is 2.30 bits per heavy atom. The molecule has 1 aromatic carbocycles. The van der Waals surface area contributed by atoms with E-state index in [9.17, 15) is 10.1 Å². The van der Waals surface area contributed by atoms with Crippen LogP contribution < -0.4 is 5.56 Å². The summed E-state index contributed by atoms with van der Waals surface area (Å²) in [6.45, 7) is 0. The van der Waals surface area contributed by atoms with E-state index in [0.717, 1.165) is 11.3 Å². The molecule has 0 N–H and O–H groups in total. The monoisotopic (exact) mass is 350 g/mol. The van der Waals surface area contributed by atoms with E-state index in [1.54, 1.807) is 55.0 Å². The molecule has 0 amide bonds. The smallest absolute Gasteiger partial charge is 0.264 e. The highest BCUT2D eigenvalue weighted by molar-refractivity contribution is 5.74. The molecule has 0 aliphatic heterocycles. The summed E-state index contributed by atoms with van der Waals surface area (Å²) in [7, 11) is 0. The van der Waals surface area contributed by atoms with Gasteiger partial charge in [0.25, 0.3) is 5.56 Å². The fourth-order valence-electron chi connectivity index (χ4n) is 2.93. The van der Waals surface area contributed by atoms with Gasteiger partial charge in [0.2, 0.25) is 0 Å². The van der Waals surface area contributed by atoms with Gasteiger partial charge in [-0.2, -0.15) is 5.26 Å². The molecular formula is C22H14N4O. The molecule has 0 unspecified atom stereocenters. The van der Waals surface area contributed by atoms with Crippen LogP contribution in [0.2, 0.25) is 0 Å². The van der Waals surface area contributed by atoms with E-state index in [1.165, 1.54) is 4.57 Å². The van der Waals surface area contributed by atoms with Crippen molar-refractivity contribution in [3.63, 3.8) is 0 Å². The third-order valence-electron chi connectivity index (χ3n) is 4.21. The van der Waals surface area contributed by atoms with Crippen molar-refractivity contribution < 1.29 is 0 Å². The Morgan fingerprint density at radius 2 is 1.59 bits per heavy atom. The summed E-state index contributed by atoms with van der Waals surface area (Å²) in [5.74, 6) is 0.510. The second kappa shape index (κ2) is 7.06. The third kappa shape index (κ3) is 3.12. The number of aromatic nitrogens is 3. The lowest BCUT2D eigenvalue weighted by atomic mass is 9.99. The van der Waals surface area contributed by atoms with Crippen molar-refractivity contribution in [2.75, 3.05) is 0 Å². The van der Waals surface area contributed by atoms with E-state index >= 15 is 0 Å². The fourth-order valence-corrected chi connectivity index (χ4v) is 2.93. The van der Waals surface area contributed by atoms with E-state index in [-0.39, 0.29) is 5.56 Å². The van der Waals surface area contributed by atoms with Gasteiger partial charge >= 0.3 is 0 Å². The number of pyridine rings is 3. The normalized spacial score (nSPS) is 10.3. The van der Waals surface area contributed by atoms with Gasteiger partial charge in [-0.1, -0.05) is 30.3 Å². The highest BCUT2D eigenvalue weighted by Gasteiger charge is 2.15. The summed E-state index contributed by atoms with van der Waals surface area (Å²) in [5.41, 5.74) is 2.73. The number of nitriles is 1. The first-order valence-electron chi connectivity index (χ1n) is 8.37. The Kier molecular flexibility index (Phi) is 4.30. The lowest BCUT2D eigenvalue weighted by Crippen LogP contribution is -2.21. The zero-order chi connectivity index (χ0) is 18.6. The van der Waals surface area contributed by atoms with Gasteiger partial charge < -0.3 is 0 Å². The molecule has 3 heterocycles. The quantitative estimate of drug-likeness (QED) is 0.563. The first kappa shape index (κ1) is 16.4. The average Bonchev–Trinajstić information content (AvgIpc) is 2.75. The van der Waals surface area contributed by atoms with Crippen molar-refractivity contribution in [3.05, 3.63) is 101 Å². The van der Waals surface area contributed by atoms with E-state index < -0.39 is 0 Å². The van der Waals surface area contributed by atoms with Crippen LogP contribution in [0.3, 0.4) is 0 Å². The van der Waals surface area contributed by atoms with E-state index in [0.29, 0.717) is 22.5 Å². The van der Waals surface area contributed by atoms with Crippen LogP contribution in [-0.4, -0.2) is 14.5 Å². The molecule has 0 spiro atoms. The summed E-state index contributed by atoms with van der Waals surface area (Å²) >= 11 is 0. The molecule has 0 atom stereocenters. The maximum atomic E-state index is 13.2. The molecule has 0 bridgehead atoms. The number of hydrogen-bond acceptors (Lipinski definition) is 4. The Bertz CT molecular complexity index is 1190. The van der Waals surface area contributed by atoms with Gasteiger partial charge in [-0.3, -0.25) is 14.3 Å². The van der Waals surface area contributed by atoms with Gasteiger partial charge in [-0.15, -0.1) is 0 Å². The van der Waals surface area contributed by atoms with E-state index in [2.05, 4.69) is 16.0 Å². The highest BCUT2D eigenvalue weighted by atomic mass is 16.1. The van der Waals surface area contributed by atoms with Gasteiger partial charge in [0.1, 0.15) is 5.82 Å². The van der Waals surface area contributed by atoms with Gasteiger partial charge in [-0.25, -0.2) is 4.98 Å². The van der Waals surface area contributed by atoms with Crippen LogP contribution in [0, 0.1) is 11.3 Å². The lowest BCUT2D eigenvalue weighted by Gasteiger charge is -2.12. The summed E-state index contributed by atoms with van der Waals surface area (Å²) in [6, 6.07) is 22.0. The molecular weight excluding hydrogens is 336 g/mol. The molecule has 0 fully saturated rings. The van der Waals surface area contributed by atoms with Crippen molar-refractivity contribution in [2.45, 2.75) is 0 Å². The zero-order valence-corrected chi connectivity index (χ0v) is 14.3. The van der Waals surface area contributed by atoms with E-state index in [1.807, 2.05) is 30.3 Å². The minimum atomic E-state index is -0.240. The van der Waals surface area contributed by atoms with Crippen molar-refractivity contribution >= 4 is 0 Å². The standard InChI is InChI=1S/C22H14N4O/c23-14-16-7-1-2-8-18(16)19-13-17(20-9-3-5-11-24-20)15-26(22(19)27)21-10-4-6-12-25-21/h1-13,15H. The number of benzene rings is 1. The SMILES string of the molecule is N#Cc1ccccc1-c1cc(-c2ccccn2)cn(-c2ccccn2)c1=O. The summed E-state index contributed by atoms with van der Waals surface area (Å²) in [5, 5.41) is 9.46. The molecule has 0 saturated carbocycles. The van der Waals surface area contributed by atoms with Crippen LogP contribution in [-0.2, 0) is 0 Å².